The van der Waals surface area contributed by atoms with Gasteiger partial charge in [0.15, 0.2) is 0 Å². The van der Waals surface area contributed by atoms with Crippen LogP contribution in [0.1, 0.15) is 43.0 Å². The Morgan fingerprint density at radius 1 is 0.975 bits per heavy atom. The van der Waals surface area contributed by atoms with Gasteiger partial charge in [0.25, 0.3) is 0 Å². The predicted octanol–water partition coefficient (Wildman–Crippen LogP) is 3.85. The molecule has 0 fully saturated rings. The van der Waals surface area contributed by atoms with Crippen molar-refractivity contribution in [1.82, 2.24) is 9.97 Å². The summed E-state index contributed by atoms with van der Waals surface area (Å²) in [5.41, 5.74) is 2.93. The van der Waals surface area contributed by atoms with Crippen LogP contribution in [-0.4, -0.2) is 54.9 Å². The van der Waals surface area contributed by atoms with Crippen molar-refractivity contribution in [3.8, 4) is 12.1 Å². The molecule has 0 aliphatic carbocycles. The first-order valence-corrected chi connectivity index (χ1v) is 13.5. The number of hydrogen-bond donors (Lipinski definition) is 0. The molecule has 2 heterocycles. The molecule has 0 aliphatic heterocycles. The Bertz CT molecular complexity index is 1310. The molecule has 0 aliphatic rings. The van der Waals surface area contributed by atoms with Crippen molar-refractivity contribution in [3.05, 3.63) is 50.2 Å². The Kier molecular flexibility index (Phi) is 24.5. The molecule has 0 spiro atoms. The van der Waals surface area contributed by atoms with Crippen LogP contribution in [0.25, 0.3) is 9.69 Å². The maximum atomic E-state index is 9.26. The first-order valence-electron chi connectivity index (χ1n) is 11.2. The summed E-state index contributed by atoms with van der Waals surface area (Å²) in [6.07, 6.45) is 0. The van der Waals surface area contributed by atoms with Crippen LogP contribution < -0.4 is 61.2 Å². The van der Waals surface area contributed by atoms with E-state index in [2.05, 4.69) is 38.4 Å². The standard InChI is InChI=1S/C12H14N4S.C10H9ClN4.C2H5Cl.C2H4OS.K/c1-6-17-12-9(7-13)8(2)10(14-3)11(15-12)16(4)5;1-6-7(5-12)9(11)14-10(15(3)4)8(6)13-2;1-2-3;1-2(3)4;/h6H2,1-2,4-5H3;1,3-4H3;2H2,1H3;1H3,(H,3,4);/q;;;;+1/p-1. The van der Waals surface area contributed by atoms with E-state index in [4.69, 9.17) is 46.9 Å². The van der Waals surface area contributed by atoms with Crippen molar-refractivity contribution >= 4 is 75.7 Å². The number of alkyl halides is 1. The molecular weight excluding hydrogens is 614 g/mol. The second kappa shape index (κ2) is 22.9. The molecule has 0 radical (unpaired) electrons. The molecule has 40 heavy (non-hydrogen) atoms. The number of nitrogens with zero attached hydrogens (tertiary/aromatic N) is 8. The number of rotatable bonds is 4. The molecule has 2 rings (SSSR count). The second-order valence-electron chi connectivity index (χ2n) is 7.59. The number of halogens is 2. The molecule has 0 saturated heterocycles. The Morgan fingerprint density at radius 2 is 1.32 bits per heavy atom. The van der Waals surface area contributed by atoms with E-state index >= 15 is 0 Å². The van der Waals surface area contributed by atoms with Crippen molar-refractivity contribution in [2.45, 2.75) is 39.6 Å². The normalized spacial score (nSPS) is 8.57. The van der Waals surface area contributed by atoms with Crippen molar-refractivity contribution in [2.75, 3.05) is 49.6 Å². The van der Waals surface area contributed by atoms with Crippen LogP contribution in [0.3, 0.4) is 0 Å². The van der Waals surface area contributed by atoms with E-state index in [0.717, 1.165) is 17.2 Å². The van der Waals surface area contributed by atoms with E-state index in [1.54, 1.807) is 37.7 Å². The minimum Gasteiger partial charge on any atom is -0.742 e. The summed E-state index contributed by atoms with van der Waals surface area (Å²) in [5.74, 6) is 2.70. The monoisotopic (exact) mass is 644 g/mol. The first-order chi connectivity index (χ1) is 18.2. The number of hydrogen-bond acceptors (Lipinski definition) is 9. The zero-order valence-electron chi connectivity index (χ0n) is 24.5. The summed E-state index contributed by atoms with van der Waals surface area (Å²) in [5, 5.41) is 18.6. The van der Waals surface area contributed by atoms with Gasteiger partial charge in [0.05, 0.1) is 24.3 Å². The Balaban J connectivity index is -0.000000546. The van der Waals surface area contributed by atoms with E-state index in [1.807, 2.05) is 34.0 Å². The van der Waals surface area contributed by atoms with Crippen molar-refractivity contribution in [3.63, 3.8) is 0 Å². The Labute approximate surface area is 300 Å². The van der Waals surface area contributed by atoms with Gasteiger partial charge in [0, 0.05) is 39.2 Å². The molecule has 0 amide bonds. The van der Waals surface area contributed by atoms with Gasteiger partial charge >= 0.3 is 51.4 Å². The molecule has 208 valence electrons. The van der Waals surface area contributed by atoms with E-state index in [0.29, 0.717) is 39.2 Å². The van der Waals surface area contributed by atoms with Crippen LogP contribution in [0, 0.1) is 49.7 Å². The fraction of sp³-hybridized carbons (Fsp3) is 0.423. The largest absolute Gasteiger partial charge is 1.00 e. The zero-order valence-corrected chi connectivity index (χ0v) is 30.7. The Morgan fingerprint density at radius 3 is 1.62 bits per heavy atom. The predicted molar refractivity (Wildman–Crippen MR) is 164 cm³/mol. The molecule has 0 atom stereocenters. The first kappa shape index (κ1) is 42.8. The van der Waals surface area contributed by atoms with E-state index in [9.17, 15) is 4.79 Å². The third-order valence-corrected chi connectivity index (χ3v) is 5.42. The molecule has 0 bridgehead atoms. The zero-order chi connectivity index (χ0) is 30.9. The van der Waals surface area contributed by atoms with Gasteiger partial charge in [0.1, 0.15) is 34.0 Å². The SMILES string of the molecule is CC(=O)[S-].CCCl.[C-]#[N+]c1c(N(C)C)nc(Cl)c(C#N)c1C.[C-]#[N+]c1c(N(C)C)nc(SCC)c(C#N)c1C.[K+]. The fourth-order valence-corrected chi connectivity index (χ4v) is 3.72. The van der Waals surface area contributed by atoms with Crippen LogP contribution in [0.2, 0.25) is 5.15 Å². The van der Waals surface area contributed by atoms with Gasteiger partial charge < -0.3 is 27.2 Å². The third-order valence-electron chi connectivity index (χ3n) is 4.29. The summed E-state index contributed by atoms with van der Waals surface area (Å²) in [6.45, 7) is 23.0. The molecule has 0 saturated carbocycles. The van der Waals surface area contributed by atoms with Crippen LogP contribution >= 0.6 is 35.0 Å². The van der Waals surface area contributed by atoms with Gasteiger partial charge in [-0.3, -0.25) is 0 Å². The van der Waals surface area contributed by atoms with Crippen LogP contribution in [0.4, 0.5) is 23.0 Å². The quantitative estimate of drug-likeness (QED) is 0.122. The number of nitriles is 2. The molecule has 9 nitrogen and oxygen atoms in total. The van der Waals surface area contributed by atoms with Gasteiger partial charge in [-0.1, -0.05) is 25.4 Å². The second-order valence-corrected chi connectivity index (χ2v) is 10.3. The van der Waals surface area contributed by atoms with Gasteiger partial charge in [-0.15, -0.1) is 23.4 Å². The van der Waals surface area contributed by atoms with Gasteiger partial charge in [-0.25, -0.2) is 19.7 Å². The molecule has 14 heteroatoms. The fourth-order valence-electron chi connectivity index (χ4n) is 2.69. The summed E-state index contributed by atoms with van der Waals surface area (Å²) < 4.78 is 0. The maximum Gasteiger partial charge on any atom is 1.00 e. The number of carbonyl (C=O) groups is 1. The van der Waals surface area contributed by atoms with Crippen LogP contribution in [0.5, 0.6) is 0 Å². The molecule has 0 aromatic carbocycles. The molecule has 0 N–H and O–H groups in total. The molecule has 0 unspecified atom stereocenters. The van der Waals surface area contributed by atoms with Gasteiger partial charge in [0.2, 0.25) is 11.4 Å². The number of pyridine rings is 2. The minimum absolute atomic E-state index is 0. The van der Waals surface area contributed by atoms with Crippen LogP contribution in [-0.2, 0) is 17.4 Å². The van der Waals surface area contributed by atoms with Gasteiger partial charge in [-0.2, -0.15) is 10.5 Å². The topological polar surface area (TPSA) is 106 Å². The molecule has 2 aromatic rings. The summed E-state index contributed by atoms with van der Waals surface area (Å²) in [6, 6.07) is 4.09. The number of aromatic nitrogens is 2. The van der Waals surface area contributed by atoms with E-state index in [1.165, 1.54) is 18.7 Å². The van der Waals surface area contributed by atoms with E-state index < -0.39 is 0 Å². The number of thioether (sulfide) groups is 1. The number of anilines is 2. The smallest absolute Gasteiger partial charge is 0.742 e. The third kappa shape index (κ3) is 13.8. The van der Waals surface area contributed by atoms with E-state index in [-0.39, 0.29) is 67.2 Å². The minimum atomic E-state index is -0.250. The van der Waals surface area contributed by atoms with Gasteiger partial charge in [-0.05, 0) is 37.7 Å². The Hall–Kier alpha value is -1.68. The van der Waals surface area contributed by atoms with Crippen molar-refractivity contribution in [2.24, 2.45) is 0 Å². The maximum absolute atomic E-state index is 9.26. The number of carbonyl (C=O) groups excluding carboxylic acids is 1. The average molecular weight is 646 g/mol. The molecule has 2 aromatic heterocycles. The molecular formula is C26H31Cl2KN8OS2. The summed E-state index contributed by atoms with van der Waals surface area (Å²) in [4.78, 5) is 28.1. The summed E-state index contributed by atoms with van der Waals surface area (Å²) >= 11 is 16.4. The average Bonchev–Trinajstić information content (AvgIpc) is 2.84. The summed E-state index contributed by atoms with van der Waals surface area (Å²) in [7, 11) is 7.25. The van der Waals surface area contributed by atoms with Crippen molar-refractivity contribution in [1.29, 1.82) is 10.5 Å². The van der Waals surface area contributed by atoms with Crippen molar-refractivity contribution < 1.29 is 56.2 Å². The van der Waals surface area contributed by atoms with Crippen LogP contribution in [0.15, 0.2) is 5.03 Å².